The Balaban J connectivity index is 2.51. The van der Waals surface area contributed by atoms with Gasteiger partial charge in [-0.2, -0.15) is 12.6 Å². The molecule has 1 aromatic carbocycles. The predicted octanol–water partition coefficient (Wildman–Crippen LogP) is 2.07. The lowest BCUT2D eigenvalue weighted by atomic mass is 10.2. The van der Waals surface area contributed by atoms with Gasteiger partial charge >= 0.3 is 11.9 Å². The van der Waals surface area contributed by atoms with Gasteiger partial charge in [0.25, 0.3) is 0 Å². The van der Waals surface area contributed by atoms with Crippen molar-refractivity contribution in [1.29, 1.82) is 0 Å². The van der Waals surface area contributed by atoms with Gasteiger partial charge in [-0.3, -0.25) is 4.79 Å². The summed E-state index contributed by atoms with van der Waals surface area (Å²) in [5.74, 6) is -3.02. The van der Waals surface area contributed by atoms with E-state index in [1.807, 2.05) is 0 Å². The summed E-state index contributed by atoms with van der Waals surface area (Å²) in [6.07, 6.45) is 0.649. The van der Waals surface area contributed by atoms with Crippen molar-refractivity contribution in [2.24, 2.45) is 0 Å². The molecular weight excluding hydrogens is 275 g/mol. The first-order valence-corrected chi connectivity index (χ1v) is 6.00. The Kier molecular flexibility index (Phi) is 5.62. The molecule has 7 heteroatoms. The van der Waals surface area contributed by atoms with Gasteiger partial charge in [-0.05, 0) is 31.0 Å². The fourth-order valence-corrected chi connectivity index (χ4v) is 1.51. The first-order chi connectivity index (χ1) is 8.91. The Morgan fingerprint density at radius 1 is 1.37 bits per heavy atom. The van der Waals surface area contributed by atoms with Crippen LogP contribution in [0.4, 0.5) is 4.39 Å². The number of aromatic carboxylic acids is 1. The van der Waals surface area contributed by atoms with Crippen LogP contribution in [0.3, 0.4) is 0 Å². The predicted molar refractivity (Wildman–Crippen MR) is 68.5 cm³/mol. The van der Waals surface area contributed by atoms with E-state index in [0.717, 1.165) is 18.2 Å². The molecular formula is C12H13FO5S. The Morgan fingerprint density at radius 3 is 2.63 bits per heavy atom. The van der Waals surface area contributed by atoms with E-state index >= 15 is 0 Å². The Hall–Kier alpha value is -1.76. The molecule has 0 radical (unpaired) electrons. The molecule has 1 rings (SSSR count). The molecule has 0 amide bonds. The molecule has 0 saturated heterocycles. The van der Waals surface area contributed by atoms with Crippen LogP contribution in [0.5, 0.6) is 5.75 Å². The molecule has 0 spiro atoms. The second-order valence-electron chi connectivity index (χ2n) is 3.80. The van der Waals surface area contributed by atoms with E-state index in [1.165, 1.54) is 0 Å². The summed E-state index contributed by atoms with van der Waals surface area (Å²) in [7, 11) is 0. The molecule has 0 aromatic heterocycles. The summed E-state index contributed by atoms with van der Waals surface area (Å²) < 4.78 is 18.4. The first kappa shape index (κ1) is 15.3. The zero-order valence-corrected chi connectivity index (χ0v) is 10.8. The maximum atomic E-state index is 13.3. The highest BCUT2D eigenvalue weighted by Crippen LogP contribution is 2.19. The lowest BCUT2D eigenvalue weighted by Crippen LogP contribution is -2.14. The van der Waals surface area contributed by atoms with E-state index < -0.39 is 23.0 Å². The smallest absolute Gasteiger partial charge is 0.335 e. The minimum Gasteiger partial charge on any atom is -0.490 e. The van der Waals surface area contributed by atoms with E-state index in [-0.39, 0.29) is 24.3 Å². The molecule has 1 unspecified atom stereocenters. The number of hydrogen-bond donors (Lipinski definition) is 3. The van der Waals surface area contributed by atoms with Gasteiger partial charge in [0.2, 0.25) is 0 Å². The zero-order chi connectivity index (χ0) is 14.4. The second-order valence-corrected chi connectivity index (χ2v) is 4.42. The van der Waals surface area contributed by atoms with Gasteiger partial charge in [0.05, 0.1) is 17.4 Å². The molecule has 0 bridgehead atoms. The van der Waals surface area contributed by atoms with E-state index in [4.69, 9.17) is 14.9 Å². The largest absolute Gasteiger partial charge is 0.490 e. The Morgan fingerprint density at radius 2 is 2.05 bits per heavy atom. The average Bonchev–Trinajstić information content (AvgIpc) is 2.35. The fourth-order valence-electron chi connectivity index (χ4n) is 1.33. The third-order valence-corrected chi connectivity index (χ3v) is 2.82. The van der Waals surface area contributed by atoms with Crippen LogP contribution >= 0.6 is 12.6 Å². The number of carboxylic acids is 2. The highest BCUT2D eigenvalue weighted by Gasteiger charge is 2.12. The number of aliphatic carboxylic acids is 1. The highest BCUT2D eigenvalue weighted by atomic mass is 32.1. The van der Waals surface area contributed by atoms with Crippen molar-refractivity contribution in [2.75, 3.05) is 6.61 Å². The maximum absolute atomic E-state index is 13.3. The van der Waals surface area contributed by atoms with Crippen molar-refractivity contribution in [3.8, 4) is 5.75 Å². The number of hydrogen-bond acceptors (Lipinski definition) is 4. The van der Waals surface area contributed by atoms with Crippen molar-refractivity contribution < 1.29 is 28.9 Å². The second kappa shape index (κ2) is 6.98. The topological polar surface area (TPSA) is 83.8 Å². The molecule has 0 saturated carbocycles. The fraction of sp³-hybridized carbons (Fsp3) is 0.333. The van der Waals surface area contributed by atoms with Gasteiger partial charge in [-0.25, -0.2) is 9.18 Å². The summed E-state index contributed by atoms with van der Waals surface area (Å²) >= 11 is 3.84. The van der Waals surface area contributed by atoms with Crippen LogP contribution < -0.4 is 4.74 Å². The van der Waals surface area contributed by atoms with Gasteiger partial charge in [0, 0.05) is 0 Å². The van der Waals surface area contributed by atoms with Crippen LogP contribution in [0.1, 0.15) is 23.2 Å². The standard InChI is InChI=1S/C12H13FO5S/c13-8-4-3-7(11(14)15)6-9(8)18-5-1-2-10(19)12(16)17/h3-4,6,10,19H,1-2,5H2,(H,14,15)(H,16,17). The van der Waals surface area contributed by atoms with Gasteiger partial charge in [-0.15, -0.1) is 0 Å². The molecule has 0 fully saturated rings. The summed E-state index contributed by atoms with van der Waals surface area (Å²) in [4.78, 5) is 21.2. The molecule has 0 aliphatic rings. The van der Waals surface area contributed by atoms with Crippen molar-refractivity contribution in [2.45, 2.75) is 18.1 Å². The molecule has 2 N–H and O–H groups in total. The molecule has 0 aliphatic heterocycles. The van der Waals surface area contributed by atoms with Crippen molar-refractivity contribution in [3.05, 3.63) is 29.6 Å². The van der Waals surface area contributed by atoms with Gasteiger partial charge in [0.1, 0.15) is 0 Å². The summed E-state index contributed by atoms with van der Waals surface area (Å²) in [6, 6.07) is 3.24. The summed E-state index contributed by atoms with van der Waals surface area (Å²) in [6.45, 7) is 0.0876. The number of ether oxygens (including phenoxy) is 1. The van der Waals surface area contributed by atoms with Crippen molar-refractivity contribution in [3.63, 3.8) is 0 Å². The minimum absolute atomic E-state index is 0.0750. The molecule has 0 aliphatic carbocycles. The van der Waals surface area contributed by atoms with Crippen LogP contribution in [0.25, 0.3) is 0 Å². The van der Waals surface area contributed by atoms with E-state index in [9.17, 15) is 14.0 Å². The zero-order valence-electron chi connectivity index (χ0n) is 9.88. The third-order valence-electron chi connectivity index (χ3n) is 2.34. The number of carboxylic acid groups (broad SMARTS) is 2. The minimum atomic E-state index is -1.17. The molecule has 5 nitrogen and oxygen atoms in total. The highest BCUT2D eigenvalue weighted by molar-refractivity contribution is 7.81. The van der Waals surface area contributed by atoms with Gasteiger partial charge in [0.15, 0.2) is 11.6 Å². The number of thiol groups is 1. The lowest BCUT2D eigenvalue weighted by molar-refractivity contribution is -0.136. The quantitative estimate of drug-likeness (QED) is 0.528. The van der Waals surface area contributed by atoms with Crippen LogP contribution in [0, 0.1) is 5.82 Å². The number of benzene rings is 1. The average molecular weight is 288 g/mol. The lowest BCUT2D eigenvalue weighted by Gasteiger charge is -2.09. The van der Waals surface area contributed by atoms with Crippen molar-refractivity contribution in [1.82, 2.24) is 0 Å². The Bertz CT molecular complexity index is 477. The van der Waals surface area contributed by atoms with E-state index in [1.54, 1.807) is 0 Å². The summed E-state index contributed by atoms with van der Waals surface area (Å²) in [5.41, 5.74) is -0.0750. The Labute approximate surface area is 114 Å². The van der Waals surface area contributed by atoms with E-state index in [2.05, 4.69) is 12.6 Å². The van der Waals surface area contributed by atoms with E-state index in [0.29, 0.717) is 6.42 Å². The van der Waals surface area contributed by atoms with Crippen LogP contribution in [-0.2, 0) is 4.79 Å². The SMILES string of the molecule is O=C(O)c1ccc(F)c(OCCCC(S)C(=O)O)c1. The van der Waals surface area contributed by atoms with Crippen LogP contribution in [0.2, 0.25) is 0 Å². The molecule has 19 heavy (non-hydrogen) atoms. The monoisotopic (exact) mass is 288 g/mol. The number of rotatable bonds is 7. The number of carbonyl (C=O) groups is 2. The maximum Gasteiger partial charge on any atom is 0.335 e. The van der Waals surface area contributed by atoms with Gasteiger partial charge in [-0.1, -0.05) is 0 Å². The summed E-state index contributed by atoms with van der Waals surface area (Å²) in [5, 5.41) is 16.6. The number of halogens is 1. The third kappa shape index (κ3) is 4.78. The van der Waals surface area contributed by atoms with Crippen molar-refractivity contribution >= 4 is 24.6 Å². The first-order valence-electron chi connectivity index (χ1n) is 5.48. The van der Waals surface area contributed by atoms with Gasteiger partial charge < -0.3 is 14.9 Å². The molecule has 1 atom stereocenters. The molecule has 104 valence electrons. The van der Waals surface area contributed by atoms with Crippen LogP contribution in [-0.4, -0.2) is 34.0 Å². The molecule has 0 heterocycles. The normalized spacial score (nSPS) is 11.9. The molecule has 1 aromatic rings. The van der Waals surface area contributed by atoms with Crippen LogP contribution in [0.15, 0.2) is 18.2 Å².